The summed E-state index contributed by atoms with van der Waals surface area (Å²) in [5.74, 6) is -0.750. The van der Waals surface area contributed by atoms with Crippen LogP contribution in [0.2, 0.25) is 0 Å². The molecule has 0 amide bonds. The summed E-state index contributed by atoms with van der Waals surface area (Å²) in [6.45, 7) is 0. The molecule has 4 heteroatoms. The van der Waals surface area contributed by atoms with Crippen LogP contribution in [-0.2, 0) is 6.42 Å². The monoisotopic (exact) mass is 293 g/mol. The van der Waals surface area contributed by atoms with E-state index < -0.39 is 5.82 Å². The molecule has 0 saturated carbocycles. The Kier molecular flexibility index (Phi) is 3.64. The molecule has 0 atom stereocenters. The molecule has 0 saturated heterocycles. The van der Waals surface area contributed by atoms with Gasteiger partial charge < -0.3 is 0 Å². The van der Waals surface area contributed by atoms with Crippen molar-refractivity contribution in [2.24, 2.45) is 0 Å². The van der Waals surface area contributed by atoms with Gasteiger partial charge in [-0.3, -0.25) is 9.78 Å². The van der Waals surface area contributed by atoms with Gasteiger partial charge in [-0.25, -0.2) is 4.39 Å². The van der Waals surface area contributed by atoms with E-state index in [9.17, 15) is 9.18 Å². The molecule has 0 aliphatic heterocycles. The zero-order valence-corrected chi connectivity index (χ0v) is 10.4. The molecule has 86 valence electrons. The Morgan fingerprint density at radius 1 is 1.24 bits per heavy atom. The summed E-state index contributed by atoms with van der Waals surface area (Å²) < 4.78 is 14.0. The molecule has 1 aromatic carbocycles. The van der Waals surface area contributed by atoms with Crippen molar-refractivity contribution in [1.82, 2.24) is 4.98 Å². The van der Waals surface area contributed by atoms with Crippen LogP contribution in [-0.4, -0.2) is 10.8 Å². The summed E-state index contributed by atoms with van der Waals surface area (Å²) in [6, 6.07) is 7.98. The Labute approximate surface area is 107 Å². The van der Waals surface area contributed by atoms with Gasteiger partial charge in [-0.05, 0) is 45.8 Å². The number of hydrogen-bond acceptors (Lipinski definition) is 2. The number of nitrogens with zero attached hydrogens (tertiary/aromatic N) is 1. The molecule has 0 spiro atoms. The zero-order valence-electron chi connectivity index (χ0n) is 8.86. The molecule has 0 aliphatic carbocycles. The van der Waals surface area contributed by atoms with Gasteiger partial charge in [0, 0.05) is 23.3 Å². The molecular weight excluding hydrogens is 285 g/mol. The fourth-order valence-corrected chi connectivity index (χ4v) is 2.10. The molecule has 1 aromatic heterocycles. The minimum absolute atomic E-state index is 0.101. The van der Waals surface area contributed by atoms with E-state index in [1.54, 1.807) is 36.7 Å². The molecule has 0 fully saturated rings. The summed E-state index contributed by atoms with van der Waals surface area (Å²) in [7, 11) is 0. The molecule has 0 bridgehead atoms. The second-order valence-corrected chi connectivity index (χ2v) is 4.41. The third-order valence-corrected chi connectivity index (χ3v) is 3.02. The number of rotatable bonds is 3. The fraction of sp³-hybridized carbons (Fsp3) is 0.0769. The molecule has 2 rings (SSSR count). The lowest BCUT2D eigenvalue weighted by Crippen LogP contribution is -2.07. The first kappa shape index (κ1) is 11.9. The van der Waals surface area contributed by atoms with Gasteiger partial charge in [-0.2, -0.15) is 0 Å². The Bertz CT molecular complexity index is 522. The average molecular weight is 294 g/mol. The largest absolute Gasteiger partial charge is 0.294 e. The lowest BCUT2D eigenvalue weighted by Gasteiger charge is -2.05. The number of Topliss-reactive ketones (excluding diaryl/α,β-unsaturated/α-hetero) is 1. The number of halogens is 2. The molecule has 0 radical (unpaired) electrons. The average Bonchev–Trinajstić information content (AvgIpc) is 2.30. The summed E-state index contributed by atoms with van der Waals surface area (Å²) in [5.41, 5.74) is 0.921. The molecule has 2 aromatic rings. The standard InChI is InChI=1S/C13H9BrFNO/c14-10-2-1-3-11(15)13(10)12(17)8-9-4-6-16-7-5-9/h1-7H,8H2. The SMILES string of the molecule is O=C(Cc1ccncc1)c1c(F)cccc1Br. The molecule has 0 N–H and O–H groups in total. The van der Waals surface area contributed by atoms with E-state index in [0.717, 1.165) is 5.56 Å². The number of pyridine rings is 1. The van der Waals surface area contributed by atoms with Crippen LogP contribution in [0.25, 0.3) is 0 Å². The van der Waals surface area contributed by atoms with E-state index in [2.05, 4.69) is 20.9 Å². The van der Waals surface area contributed by atoms with E-state index in [1.807, 2.05) is 0 Å². The Hall–Kier alpha value is -1.55. The fourth-order valence-electron chi connectivity index (χ4n) is 1.54. The van der Waals surface area contributed by atoms with Gasteiger partial charge in [-0.1, -0.05) is 6.07 Å². The first-order valence-electron chi connectivity index (χ1n) is 5.04. The smallest absolute Gasteiger partial charge is 0.171 e. The highest BCUT2D eigenvalue weighted by Gasteiger charge is 2.15. The van der Waals surface area contributed by atoms with E-state index in [0.29, 0.717) is 4.47 Å². The van der Waals surface area contributed by atoms with E-state index >= 15 is 0 Å². The van der Waals surface area contributed by atoms with Crippen LogP contribution >= 0.6 is 15.9 Å². The number of carbonyl (C=O) groups excluding carboxylic acids is 1. The summed E-state index contributed by atoms with van der Waals surface area (Å²) in [4.78, 5) is 15.8. The van der Waals surface area contributed by atoms with E-state index in [4.69, 9.17) is 0 Å². The molecule has 1 heterocycles. The number of benzene rings is 1. The van der Waals surface area contributed by atoms with Crippen molar-refractivity contribution in [2.75, 3.05) is 0 Å². The summed E-state index contributed by atoms with van der Waals surface area (Å²) in [5, 5.41) is 0. The minimum Gasteiger partial charge on any atom is -0.294 e. The van der Waals surface area contributed by atoms with Crippen LogP contribution in [0.1, 0.15) is 15.9 Å². The first-order chi connectivity index (χ1) is 8.18. The van der Waals surface area contributed by atoms with Gasteiger partial charge in [0.05, 0.1) is 5.56 Å². The van der Waals surface area contributed by atoms with Crippen LogP contribution in [0.5, 0.6) is 0 Å². The Morgan fingerprint density at radius 3 is 2.59 bits per heavy atom. The predicted molar refractivity (Wildman–Crippen MR) is 66.4 cm³/mol. The van der Waals surface area contributed by atoms with Crippen molar-refractivity contribution in [3.63, 3.8) is 0 Å². The molecule has 17 heavy (non-hydrogen) atoms. The topological polar surface area (TPSA) is 30.0 Å². The maximum absolute atomic E-state index is 13.5. The predicted octanol–water partition coefficient (Wildman–Crippen LogP) is 3.41. The number of aromatic nitrogens is 1. The number of ketones is 1. The molecule has 2 nitrogen and oxygen atoms in total. The van der Waals surface area contributed by atoms with Crippen LogP contribution in [0.15, 0.2) is 47.2 Å². The highest BCUT2D eigenvalue weighted by atomic mass is 79.9. The van der Waals surface area contributed by atoms with Crippen LogP contribution in [0.3, 0.4) is 0 Å². The number of carbonyl (C=O) groups is 1. The van der Waals surface area contributed by atoms with Crippen molar-refractivity contribution in [2.45, 2.75) is 6.42 Å². The van der Waals surface area contributed by atoms with Gasteiger partial charge in [0.15, 0.2) is 5.78 Å². The number of hydrogen-bond donors (Lipinski definition) is 0. The van der Waals surface area contributed by atoms with Crippen molar-refractivity contribution in [3.8, 4) is 0 Å². The van der Waals surface area contributed by atoms with E-state index in [-0.39, 0.29) is 17.8 Å². The summed E-state index contributed by atoms with van der Waals surface area (Å²) in [6.07, 6.45) is 3.39. The second kappa shape index (κ2) is 5.19. The van der Waals surface area contributed by atoms with Crippen LogP contribution < -0.4 is 0 Å². The lowest BCUT2D eigenvalue weighted by atomic mass is 10.0. The van der Waals surface area contributed by atoms with Gasteiger partial charge in [0.1, 0.15) is 5.82 Å². The van der Waals surface area contributed by atoms with E-state index in [1.165, 1.54) is 6.07 Å². The van der Waals surface area contributed by atoms with Gasteiger partial charge in [0.25, 0.3) is 0 Å². The maximum Gasteiger partial charge on any atom is 0.171 e. The lowest BCUT2D eigenvalue weighted by molar-refractivity contribution is 0.0988. The zero-order chi connectivity index (χ0) is 12.3. The van der Waals surface area contributed by atoms with Crippen molar-refractivity contribution in [3.05, 3.63) is 64.1 Å². The summed E-state index contributed by atoms with van der Waals surface area (Å²) >= 11 is 3.19. The molecule has 0 aliphatic rings. The van der Waals surface area contributed by atoms with Gasteiger partial charge in [0.2, 0.25) is 0 Å². The second-order valence-electron chi connectivity index (χ2n) is 3.55. The van der Waals surface area contributed by atoms with Crippen LogP contribution in [0, 0.1) is 5.82 Å². The van der Waals surface area contributed by atoms with Crippen LogP contribution in [0.4, 0.5) is 4.39 Å². The Balaban J connectivity index is 2.27. The molecular formula is C13H9BrFNO. The highest BCUT2D eigenvalue weighted by molar-refractivity contribution is 9.10. The van der Waals surface area contributed by atoms with Gasteiger partial charge in [-0.15, -0.1) is 0 Å². The van der Waals surface area contributed by atoms with Crippen molar-refractivity contribution < 1.29 is 9.18 Å². The highest BCUT2D eigenvalue weighted by Crippen LogP contribution is 2.21. The van der Waals surface area contributed by atoms with Crippen molar-refractivity contribution >= 4 is 21.7 Å². The molecule has 0 unspecified atom stereocenters. The quantitative estimate of drug-likeness (QED) is 0.812. The van der Waals surface area contributed by atoms with Crippen molar-refractivity contribution in [1.29, 1.82) is 0 Å². The van der Waals surface area contributed by atoms with Gasteiger partial charge >= 0.3 is 0 Å². The third kappa shape index (κ3) is 2.77. The maximum atomic E-state index is 13.5. The first-order valence-corrected chi connectivity index (χ1v) is 5.84. The Morgan fingerprint density at radius 2 is 1.94 bits per heavy atom. The normalized spacial score (nSPS) is 10.2. The third-order valence-electron chi connectivity index (χ3n) is 2.36. The minimum atomic E-state index is -0.501.